The predicted octanol–water partition coefficient (Wildman–Crippen LogP) is 0.946. The van der Waals surface area contributed by atoms with E-state index in [-0.39, 0.29) is 18.7 Å². The topological polar surface area (TPSA) is 103 Å². The molecule has 0 aliphatic carbocycles. The van der Waals surface area contributed by atoms with Crippen LogP contribution in [0.3, 0.4) is 0 Å². The third-order valence-corrected chi connectivity index (χ3v) is 3.60. The van der Waals surface area contributed by atoms with Crippen molar-refractivity contribution < 1.29 is 14.3 Å². The lowest BCUT2D eigenvalue weighted by Crippen LogP contribution is -2.45. The predicted molar refractivity (Wildman–Crippen MR) is 85.6 cm³/mol. The van der Waals surface area contributed by atoms with Crippen molar-refractivity contribution in [2.75, 3.05) is 0 Å². The SMILES string of the molecule is CC(C)(C)Oc1cccc2c(=O)n(C3CCC(=O)NC3=O)nnc12. The number of nitrogens with zero attached hydrogens (tertiary/aromatic N) is 3. The molecule has 2 amide bonds. The van der Waals surface area contributed by atoms with Gasteiger partial charge < -0.3 is 4.74 Å². The monoisotopic (exact) mass is 330 g/mol. The van der Waals surface area contributed by atoms with Gasteiger partial charge >= 0.3 is 0 Å². The Morgan fingerprint density at radius 2 is 2.00 bits per heavy atom. The van der Waals surface area contributed by atoms with Gasteiger partial charge in [-0.05, 0) is 39.3 Å². The van der Waals surface area contributed by atoms with E-state index in [2.05, 4.69) is 15.6 Å². The number of aromatic nitrogens is 3. The molecule has 1 unspecified atom stereocenters. The second-order valence-corrected chi connectivity index (χ2v) is 6.67. The minimum atomic E-state index is -0.834. The molecule has 1 saturated heterocycles. The van der Waals surface area contributed by atoms with E-state index in [4.69, 9.17) is 4.74 Å². The van der Waals surface area contributed by atoms with Crippen LogP contribution in [0.25, 0.3) is 10.9 Å². The van der Waals surface area contributed by atoms with E-state index < -0.39 is 23.1 Å². The second-order valence-electron chi connectivity index (χ2n) is 6.67. The minimum absolute atomic E-state index is 0.162. The van der Waals surface area contributed by atoms with Crippen LogP contribution in [-0.2, 0) is 9.59 Å². The standard InChI is InChI=1S/C16H18N4O4/c1-16(2,3)24-11-6-4-5-9-13(11)18-19-20(15(9)23)10-7-8-12(21)17-14(10)22/h4-6,10H,7-8H2,1-3H3,(H,17,21,22). The van der Waals surface area contributed by atoms with Crippen molar-refractivity contribution in [3.05, 3.63) is 28.6 Å². The molecule has 0 spiro atoms. The molecule has 8 heteroatoms. The van der Waals surface area contributed by atoms with Crippen LogP contribution in [0.2, 0.25) is 0 Å². The van der Waals surface area contributed by atoms with Crippen LogP contribution in [0.15, 0.2) is 23.0 Å². The smallest absolute Gasteiger partial charge is 0.278 e. The Hall–Kier alpha value is -2.77. The minimum Gasteiger partial charge on any atom is -0.486 e. The number of nitrogens with one attached hydrogen (secondary N) is 1. The zero-order valence-corrected chi connectivity index (χ0v) is 13.7. The summed E-state index contributed by atoms with van der Waals surface area (Å²) in [4.78, 5) is 35.9. The summed E-state index contributed by atoms with van der Waals surface area (Å²) in [5.74, 6) is -0.428. The van der Waals surface area contributed by atoms with Gasteiger partial charge in [0, 0.05) is 6.42 Å². The molecule has 2 heterocycles. The van der Waals surface area contributed by atoms with Crippen LogP contribution >= 0.6 is 0 Å². The summed E-state index contributed by atoms with van der Waals surface area (Å²) in [7, 11) is 0. The van der Waals surface area contributed by atoms with E-state index >= 15 is 0 Å². The Labute approximate surface area is 137 Å². The van der Waals surface area contributed by atoms with Crippen LogP contribution in [0.4, 0.5) is 0 Å². The number of imide groups is 1. The molecule has 1 fully saturated rings. The van der Waals surface area contributed by atoms with Crippen molar-refractivity contribution in [2.24, 2.45) is 0 Å². The average molecular weight is 330 g/mol. The van der Waals surface area contributed by atoms with Crippen LogP contribution in [0.1, 0.15) is 39.7 Å². The van der Waals surface area contributed by atoms with E-state index in [1.165, 1.54) is 0 Å². The fourth-order valence-corrected chi connectivity index (χ4v) is 2.59. The zero-order chi connectivity index (χ0) is 17.5. The van der Waals surface area contributed by atoms with E-state index in [1.54, 1.807) is 18.2 Å². The van der Waals surface area contributed by atoms with Gasteiger partial charge in [0.1, 0.15) is 22.9 Å². The first-order valence-electron chi connectivity index (χ1n) is 7.67. The fraction of sp³-hybridized carbons (Fsp3) is 0.438. The first-order chi connectivity index (χ1) is 11.3. The van der Waals surface area contributed by atoms with Gasteiger partial charge in [-0.2, -0.15) is 4.68 Å². The second kappa shape index (κ2) is 5.70. The van der Waals surface area contributed by atoms with Crippen LogP contribution in [0, 0.1) is 0 Å². The molecule has 3 rings (SSSR count). The van der Waals surface area contributed by atoms with Crippen molar-refractivity contribution in [2.45, 2.75) is 45.3 Å². The van der Waals surface area contributed by atoms with Gasteiger partial charge in [-0.1, -0.05) is 11.3 Å². The van der Waals surface area contributed by atoms with Gasteiger partial charge in [0.25, 0.3) is 11.5 Å². The lowest BCUT2D eigenvalue weighted by atomic mass is 10.1. The number of rotatable bonds is 2. The Balaban J connectivity index is 2.08. The van der Waals surface area contributed by atoms with Crippen molar-refractivity contribution in [1.82, 2.24) is 20.3 Å². The first-order valence-corrected chi connectivity index (χ1v) is 7.67. The molecule has 0 saturated carbocycles. The molecule has 1 aliphatic heterocycles. The summed E-state index contributed by atoms with van der Waals surface area (Å²) in [6.45, 7) is 5.68. The van der Waals surface area contributed by atoms with Crippen molar-refractivity contribution >= 4 is 22.7 Å². The van der Waals surface area contributed by atoms with Crippen LogP contribution in [0.5, 0.6) is 5.75 Å². The van der Waals surface area contributed by atoms with E-state index in [1.807, 2.05) is 20.8 Å². The lowest BCUT2D eigenvalue weighted by Gasteiger charge is -2.23. The summed E-state index contributed by atoms with van der Waals surface area (Å²) in [6.07, 6.45) is 0.388. The van der Waals surface area contributed by atoms with Crippen molar-refractivity contribution in [1.29, 1.82) is 0 Å². The Morgan fingerprint density at radius 3 is 2.67 bits per heavy atom. The van der Waals surface area contributed by atoms with Gasteiger partial charge in [-0.3, -0.25) is 19.7 Å². The number of hydrogen-bond acceptors (Lipinski definition) is 6. The third-order valence-electron chi connectivity index (χ3n) is 3.60. The highest BCUT2D eigenvalue weighted by Crippen LogP contribution is 2.25. The number of fused-ring (bicyclic) bond motifs is 1. The molecule has 126 valence electrons. The maximum absolute atomic E-state index is 12.7. The quantitative estimate of drug-likeness (QED) is 0.822. The van der Waals surface area contributed by atoms with E-state index in [0.29, 0.717) is 16.7 Å². The van der Waals surface area contributed by atoms with E-state index in [0.717, 1.165) is 4.68 Å². The lowest BCUT2D eigenvalue weighted by molar-refractivity contribution is -0.136. The molecule has 1 aliphatic rings. The van der Waals surface area contributed by atoms with E-state index in [9.17, 15) is 14.4 Å². The zero-order valence-electron chi connectivity index (χ0n) is 13.7. The number of hydrogen-bond donors (Lipinski definition) is 1. The van der Waals surface area contributed by atoms with Gasteiger partial charge in [-0.25, -0.2) is 0 Å². The number of benzene rings is 1. The summed E-state index contributed by atoms with van der Waals surface area (Å²) in [6, 6.07) is 4.20. The fourth-order valence-electron chi connectivity index (χ4n) is 2.59. The molecule has 24 heavy (non-hydrogen) atoms. The molecule has 1 aromatic carbocycles. The largest absolute Gasteiger partial charge is 0.486 e. The first kappa shape index (κ1) is 16.1. The van der Waals surface area contributed by atoms with Crippen molar-refractivity contribution in [3.8, 4) is 5.75 Å². The highest BCUT2D eigenvalue weighted by Gasteiger charge is 2.30. The average Bonchev–Trinajstić information content (AvgIpc) is 2.48. The summed E-state index contributed by atoms with van der Waals surface area (Å²) in [5, 5.41) is 10.5. The van der Waals surface area contributed by atoms with Crippen LogP contribution < -0.4 is 15.6 Å². The molecule has 0 bridgehead atoms. The summed E-state index contributed by atoms with van der Waals surface area (Å²) < 4.78 is 6.85. The molecule has 8 nitrogen and oxygen atoms in total. The van der Waals surface area contributed by atoms with Gasteiger partial charge in [0.15, 0.2) is 0 Å². The van der Waals surface area contributed by atoms with Gasteiger partial charge in [0.2, 0.25) is 5.91 Å². The highest BCUT2D eigenvalue weighted by molar-refractivity contribution is 5.99. The molecule has 1 aromatic heterocycles. The molecular formula is C16H18N4O4. The van der Waals surface area contributed by atoms with Gasteiger partial charge in [0.05, 0.1) is 5.39 Å². The third kappa shape index (κ3) is 2.99. The molecule has 0 radical (unpaired) electrons. The Kier molecular flexibility index (Phi) is 3.82. The number of carbonyl (C=O) groups excluding carboxylic acids is 2. The van der Waals surface area contributed by atoms with Crippen molar-refractivity contribution in [3.63, 3.8) is 0 Å². The van der Waals surface area contributed by atoms with Gasteiger partial charge in [-0.15, -0.1) is 5.10 Å². The number of ether oxygens (including phenoxy) is 1. The maximum Gasteiger partial charge on any atom is 0.278 e. The number of piperidine rings is 1. The summed E-state index contributed by atoms with van der Waals surface area (Å²) in [5.41, 5.74) is -0.538. The summed E-state index contributed by atoms with van der Waals surface area (Å²) >= 11 is 0. The highest BCUT2D eigenvalue weighted by atomic mass is 16.5. The molecule has 1 atom stereocenters. The normalized spacial score (nSPS) is 18.5. The number of amides is 2. The molecule has 1 N–H and O–H groups in total. The Morgan fingerprint density at radius 1 is 1.25 bits per heavy atom. The Bertz CT molecular complexity index is 882. The molecular weight excluding hydrogens is 312 g/mol. The number of carbonyl (C=O) groups is 2. The maximum atomic E-state index is 12.7. The van der Waals surface area contributed by atoms with Crippen LogP contribution in [-0.4, -0.2) is 32.4 Å². The molecule has 2 aromatic rings.